The fraction of sp³-hybridized carbons (Fsp3) is 0.357. The summed E-state index contributed by atoms with van der Waals surface area (Å²) in [5.74, 6) is -0.113. The zero-order chi connectivity index (χ0) is 14.7. The van der Waals surface area contributed by atoms with Gasteiger partial charge in [-0.05, 0) is 24.6 Å². The minimum absolute atomic E-state index is 0.113. The van der Waals surface area contributed by atoms with E-state index in [4.69, 9.17) is 16.3 Å². The summed E-state index contributed by atoms with van der Waals surface area (Å²) in [5, 5.41) is 1.31. The standard InChI is InChI=1S/C14H16BrClN2O2/c1-18(6-3-7-20-2)14(19)13-12(16)10-8-9(15)4-5-11(10)17-13/h4-5,8,17H,3,6-7H2,1-2H3. The first-order valence-electron chi connectivity index (χ1n) is 6.25. The van der Waals surface area contributed by atoms with Crippen molar-refractivity contribution in [1.29, 1.82) is 0 Å². The Bertz CT molecular complexity index is 627. The molecule has 0 fully saturated rings. The number of halogens is 2. The van der Waals surface area contributed by atoms with E-state index in [-0.39, 0.29) is 5.91 Å². The maximum Gasteiger partial charge on any atom is 0.271 e. The summed E-state index contributed by atoms with van der Waals surface area (Å²) in [5.41, 5.74) is 1.28. The number of aromatic amines is 1. The van der Waals surface area contributed by atoms with Crippen LogP contribution < -0.4 is 0 Å². The van der Waals surface area contributed by atoms with Crippen molar-refractivity contribution >= 4 is 44.3 Å². The summed E-state index contributed by atoms with van der Waals surface area (Å²) in [6, 6.07) is 5.70. The molecule has 1 amide bonds. The molecule has 0 bridgehead atoms. The molecule has 0 spiro atoms. The highest BCUT2D eigenvalue weighted by atomic mass is 79.9. The largest absolute Gasteiger partial charge is 0.385 e. The quantitative estimate of drug-likeness (QED) is 0.828. The fourth-order valence-electron chi connectivity index (χ4n) is 2.02. The van der Waals surface area contributed by atoms with Crippen molar-refractivity contribution in [1.82, 2.24) is 9.88 Å². The van der Waals surface area contributed by atoms with E-state index in [0.29, 0.717) is 23.9 Å². The number of rotatable bonds is 5. The Morgan fingerprint density at radius 2 is 2.25 bits per heavy atom. The van der Waals surface area contributed by atoms with Gasteiger partial charge in [0.15, 0.2) is 0 Å². The van der Waals surface area contributed by atoms with Crippen molar-refractivity contribution < 1.29 is 9.53 Å². The lowest BCUT2D eigenvalue weighted by molar-refractivity contribution is 0.0775. The van der Waals surface area contributed by atoms with Crippen LogP contribution in [-0.4, -0.2) is 43.1 Å². The molecule has 2 rings (SSSR count). The molecule has 1 aromatic heterocycles. The molecule has 6 heteroatoms. The van der Waals surface area contributed by atoms with Gasteiger partial charge in [0.05, 0.1) is 5.02 Å². The Hall–Kier alpha value is -1.04. The SMILES string of the molecule is COCCCN(C)C(=O)c1[nH]c2ccc(Br)cc2c1Cl. The second kappa shape index (κ2) is 6.61. The van der Waals surface area contributed by atoms with Crippen LogP contribution in [-0.2, 0) is 4.74 Å². The number of hydrogen-bond donors (Lipinski definition) is 1. The van der Waals surface area contributed by atoms with Gasteiger partial charge in [-0.15, -0.1) is 0 Å². The predicted molar refractivity (Wildman–Crippen MR) is 84.5 cm³/mol. The molecule has 0 aliphatic heterocycles. The van der Waals surface area contributed by atoms with E-state index in [1.807, 2.05) is 18.2 Å². The lowest BCUT2D eigenvalue weighted by atomic mass is 10.2. The predicted octanol–water partition coefficient (Wildman–Crippen LogP) is 3.69. The number of carbonyl (C=O) groups is 1. The highest BCUT2D eigenvalue weighted by Gasteiger charge is 2.19. The summed E-state index contributed by atoms with van der Waals surface area (Å²) in [6.45, 7) is 1.26. The summed E-state index contributed by atoms with van der Waals surface area (Å²) >= 11 is 9.71. The molecular formula is C14H16BrClN2O2. The van der Waals surface area contributed by atoms with Crippen molar-refractivity contribution in [2.75, 3.05) is 27.3 Å². The molecule has 20 heavy (non-hydrogen) atoms. The van der Waals surface area contributed by atoms with Gasteiger partial charge in [-0.2, -0.15) is 0 Å². The molecule has 4 nitrogen and oxygen atoms in total. The van der Waals surface area contributed by atoms with E-state index in [2.05, 4.69) is 20.9 Å². The number of nitrogens with one attached hydrogen (secondary N) is 1. The van der Waals surface area contributed by atoms with Crippen LogP contribution in [0.5, 0.6) is 0 Å². The summed E-state index contributed by atoms with van der Waals surface area (Å²) in [7, 11) is 3.41. The first kappa shape index (κ1) is 15.4. The lowest BCUT2D eigenvalue weighted by Gasteiger charge is -2.16. The molecule has 0 radical (unpaired) electrons. The lowest BCUT2D eigenvalue weighted by Crippen LogP contribution is -2.28. The van der Waals surface area contributed by atoms with Crippen molar-refractivity contribution in [3.63, 3.8) is 0 Å². The van der Waals surface area contributed by atoms with Gasteiger partial charge in [0.1, 0.15) is 5.69 Å². The zero-order valence-electron chi connectivity index (χ0n) is 11.4. The molecule has 0 aliphatic carbocycles. The monoisotopic (exact) mass is 358 g/mol. The summed E-state index contributed by atoms with van der Waals surface area (Å²) < 4.78 is 5.91. The van der Waals surface area contributed by atoms with Gasteiger partial charge in [-0.3, -0.25) is 4.79 Å². The third-order valence-corrected chi connectivity index (χ3v) is 3.99. The number of fused-ring (bicyclic) bond motifs is 1. The molecule has 0 aliphatic rings. The van der Waals surface area contributed by atoms with Gasteiger partial charge in [0.2, 0.25) is 0 Å². The number of ether oxygens (including phenoxy) is 1. The molecule has 1 heterocycles. The fourth-order valence-corrected chi connectivity index (χ4v) is 2.66. The van der Waals surface area contributed by atoms with E-state index in [9.17, 15) is 4.79 Å². The van der Waals surface area contributed by atoms with E-state index in [1.54, 1.807) is 19.1 Å². The summed E-state index contributed by atoms with van der Waals surface area (Å²) in [4.78, 5) is 17.1. The van der Waals surface area contributed by atoms with Crippen molar-refractivity contribution in [2.45, 2.75) is 6.42 Å². The Morgan fingerprint density at radius 1 is 1.50 bits per heavy atom. The topological polar surface area (TPSA) is 45.3 Å². The number of hydrogen-bond acceptors (Lipinski definition) is 2. The van der Waals surface area contributed by atoms with Gasteiger partial charge in [0, 0.05) is 42.7 Å². The molecule has 0 saturated carbocycles. The minimum Gasteiger partial charge on any atom is -0.385 e. The third kappa shape index (κ3) is 3.16. The smallest absolute Gasteiger partial charge is 0.271 e. The Morgan fingerprint density at radius 3 is 2.95 bits per heavy atom. The number of methoxy groups -OCH3 is 1. The van der Waals surface area contributed by atoms with Gasteiger partial charge in [-0.25, -0.2) is 0 Å². The Labute approximate surface area is 131 Å². The highest BCUT2D eigenvalue weighted by molar-refractivity contribution is 9.10. The van der Waals surface area contributed by atoms with Crippen LogP contribution in [0.25, 0.3) is 10.9 Å². The highest BCUT2D eigenvalue weighted by Crippen LogP contribution is 2.30. The second-order valence-corrected chi connectivity index (χ2v) is 5.87. The number of benzene rings is 1. The van der Waals surface area contributed by atoms with Crippen LogP contribution >= 0.6 is 27.5 Å². The Kier molecular flexibility index (Phi) is 5.07. The van der Waals surface area contributed by atoms with E-state index in [1.165, 1.54) is 0 Å². The first-order chi connectivity index (χ1) is 9.54. The van der Waals surface area contributed by atoms with Crippen LogP contribution in [0.3, 0.4) is 0 Å². The van der Waals surface area contributed by atoms with Crippen molar-refractivity contribution in [3.05, 3.63) is 33.4 Å². The number of aromatic nitrogens is 1. The molecule has 1 aromatic carbocycles. The molecule has 0 saturated heterocycles. The van der Waals surface area contributed by atoms with Crippen LogP contribution in [0, 0.1) is 0 Å². The van der Waals surface area contributed by atoms with E-state index in [0.717, 1.165) is 21.8 Å². The van der Waals surface area contributed by atoms with Gasteiger partial charge in [0.25, 0.3) is 5.91 Å². The molecule has 2 aromatic rings. The third-order valence-electron chi connectivity index (χ3n) is 3.10. The average Bonchev–Trinajstić information content (AvgIpc) is 2.75. The maximum atomic E-state index is 12.4. The van der Waals surface area contributed by atoms with Gasteiger partial charge in [-0.1, -0.05) is 27.5 Å². The van der Waals surface area contributed by atoms with Crippen LogP contribution in [0.15, 0.2) is 22.7 Å². The van der Waals surface area contributed by atoms with Crippen LogP contribution in [0.4, 0.5) is 0 Å². The molecular weight excluding hydrogens is 344 g/mol. The first-order valence-corrected chi connectivity index (χ1v) is 7.43. The van der Waals surface area contributed by atoms with Gasteiger partial charge < -0.3 is 14.6 Å². The van der Waals surface area contributed by atoms with E-state index >= 15 is 0 Å². The number of amides is 1. The van der Waals surface area contributed by atoms with Crippen LogP contribution in [0.1, 0.15) is 16.9 Å². The minimum atomic E-state index is -0.113. The van der Waals surface area contributed by atoms with Crippen LogP contribution in [0.2, 0.25) is 5.02 Å². The maximum absolute atomic E-state index is 12.4. The molecule has 0 atom stereocenters. The van der Waals surface area contributed by atoms with E-state index < -0.39 is 0 Å². The second-order valence-electron chi connectivity index (χ2n) is 4.58. The van der Waals surface area contributed by atoms with Crippen molar-refractivity contribution in [3.8, 4) is 0 Å². The number of nitrogens with zero attached hydrogens (tertiary/aromatic N) is 1. The molecule has 108 valence electrons. The zero-order valence-corrected chi connectivity index (χ0v) is 13.7. The Balaban J connectivity index is 2.24. The normalized spacial score (nSPS) is 11.0. The number of carbonyl (C=O) groups excluding carboxylic acids is 1. The van der Waals surface area contributed by atoms with Crippen molar-refractivity contribution in [2.24, 2.45) is 0 Å². The number of H-pyrrole nitrogens is 1. The molecule has 1 N–H and O–H groups in total. The average molecular weight is 360 g/mol. The summed E-state index contributed by atoms with van der Waals surface area (Å²) in [6.07, 6.45) is 0.794. The van der Waals surface area contributed by atoms with Gasteiger partial charge >= 0.3 is 0 Å². The molecule has 0 unspecified atom stereocenters.